The summed E-state index contributed by atoms with van der Waals surface area (Å²) in [6, 6.07) is 9.51. The number of ether oxygens (including phenoxy) is 1. The quantitative estimate of drug-likeness (QED) is 0.487. The average molecular weight is 244 g/mol. The average Bonchev–Trinajstić information content (AvgIpc) is 2.38. The molecule has 1 aromatic carbocycles. The zero-order chi connectivity index (χ0) is 13.4. The molecule has 4 heteroatoms. The van der Waals surface area contributed by atoms with Crippen molar-refractivity contribution in [1.29, 1.82) is 5.26 Å². The predicted octanol–water partition coefficient (Wildman–Crippen LogP) is 1.66. The summed E-state index contributed by atoms with van der Waals surface area (Å²) in [5, 5.41) is 11.6. The first-order chi connectivity index (χ1) is 8.67. The van der Waals surface area contributed by atoms with Gasteiger partial charge in [0.15, 0.2) is 0 Å². The van der Waals surface area contributed by atoms with Crippen LogP contribution in [-0.4, -0.2) is 26.2 Å². The SMILES string of the molecule is COCCNC(=O)/C(C#N)=C/c1ccc(C)cc1. The van der Waals surface area contributed by atoms with Crippen LogP contribution in [0.5, 0.6) is 0 Å². The van der Waals surface area contributed by atoms with Gasteiger partial charge in [-0.15, -0.1) is 0 Å². The van der Waals surface area contributed by atoms with Crippen LogP contribution >= 0.6 is 0 Å². The normalized spacial score (nSPS) is 10.8. The van der Waals surface area contributed by atoms with Gasteiger partial charge in [-0.1, -0.05) is 29.8 Å². The maximum absolute atomic E-state index is 11.7. The van der Waals surface area contributed by atoms with E-state index in [1.165, 1.54) is 0 Å². The molecule has 0 fully saturated rings. The fourth-order valence-corrected chi connectivity index (χ4v) is 1.34. The Kier molecular flexibility index (Phi) is 5.62. The van der Waals surface area contributed by atoms with Gasteiger partial charge in [-0.05, 0) is 18.6 Å². The molecular weight excluding hydrogens is 228 g/mol. The number of methoxy groups -OCH3 is 1. The topological polar surface area (TPSA) is 62.1 Å². The maximum atomic E-state index is 11.7. The van der Waals surface area contributed by atoms with Crippen LogP contribution in [0.4, 0.5) is 0 Å². The summed E-state index contributed by atoms with van der Waals surface area (Å²) in [6.45, 7) is 2.80. The summed E-state index contributed by atoms with van der Waals surface area (Å²) in [7, 11) is 1.56. The highest BCUT2D eigenvalue weighted by molar-refractivity contribution is 6.01. The molecule has 0 aliphatic rings. The third kappa shape index (κ3) is 4.40. The number of nitrogens with zero attached hydrogens (tertiary/aromatic N) is 1. The molecule has 0 atom stereocenters. The number of carbonyl (C=O) groups is 1. The van der Waals surface area contributed by atoms with Crippen LogP contribution in [0, 0.1) is 18.3 Å². The summed E-state index contributed by atoms with van der Waals surface area (Å²) < 4.78 is 4.82. The third-order valence-electron chi connectivity index (χ3n) is 2.35. The summed E-state index contributed by atoms with van der Waals surface area (Å²) in [5.41, 5.74) is 2.06. The minimum absolute atomic E-state index is 0.0926. The number of aryl methyl sites for hydroxylation is 1. The van der Waals surface area contributed by atoms with Crippen LogP contribution in [-0.2, 0) is 9.53 Å². The van der Waals surface area contributed by atoms with Crippen molar-refractivity contribution in [3.8, 4) is 6.07 Å². The number of amides is 1. The van der Waals surface area contributed by atoms with E-state index in [9.17, 15) is 4.79 Å². The lowest BCUT2D eigenvalue weighted by Gasteiger charge is -2.03. The van der Waals surface area contributed by atoms with Gasteiger partial charge in [-0.25, -0.2) is 0 Å². The molecule has 4 nitrogen and oxygen atoms in total. The van der Waals surface area contributed by atoms with Gasteiger partial charge in [0.05, 0.1) is 6.61 Å². The molecular formula is C14H16N2O2. The van der Waals surface area contributed by atoms with Crippen molar-refractivity contribution in [2.45, 2.75) is 6.92 Å². The van der Waals surface area contributed by atoms with Gasteiger partial charge >= 0.3 is 0 Å². The fraction of sp³-hybridized carbons (Fsp3) is 0.286. The Morgan fingerprint density at radius 3 is 2.67 bits per heavy atom. The highest BCUT2D eigenvalue weighted by Crippen LogP contribution is 2.08. The Hall–Kier alpha value is -2.12. The standard InChI is InChI=1S/C14H16N2O2/c1-11-3-5-12(6-4-11)9-13(10-15)14(17)16-7-8-18-2/h3-6,9H,7-8H2,1-2H3,(H,16,17)/b13-9+. The number of nitrogens with one attached hydrogen (secondary N) is 1. The molecule has 1 aromatic rings. The van der Waals surface area contributed by atoms with E-state index in [4.69, 9.17) is 10.00 Å². The van der Waals surface area contributed by atoms with Gasteiger partial charge in [-0.2, -0.15) is 5.26 Å². The molecule has 1 N–H and O–H groups in total. The largest absolute Gasteiger partial charge is 0.383 e. The van der Waals surface area contributed by atoms with Gasteiger partial charge in [0.25, 0.3) is 5.91 Å². The second-order valence-electron chi connectivity index (χ2n) is 3.83. The number of nitriles is 1. The Labute approximate surface area is 107 Å². The van der Waals surface area contributed by atoms with Crippen LogP contribution in [0.25, 0.3) is 6.08 Å². The van der Waals surface area contributed by atoms with Crippen molar-refractivity contribution in [1.82, 2.24) is 5.32 Å². The summed E-state index contributed by atoms with van der Waals surface area (Å²) in [6.07, 6.45) is 1.57. The second kappa shape index (κ2) is 7.25. The number of hydrogen-bond acceptors (Lipinski definition) is 3. The van der Waals surface area contributed by atoms with E-state index in [0.29, 0.717) is 13.2 Å². The molecule has 0 saturated carbocycles. The first-order valence-electron chi connectivity index (χ1n) is 5.63. The van der Waals surface area contributed by atoms with Crippen LogP contribution in [0.3, 0.4) is 0 Å². The number of benzene rings is 1. The van der Waals surface area contributed by atoms with E-state index >= 15 is 0 Å². The van der Waals surface area contributed by atoms with E-state index in [1.807, 2.05) is 37.3 Å². The number of carbonyl (C=O) groups excluding carboxylic acids is 1. The van der Waals surface area contributed by atoms with Crippen molar-refractivity contribution < 1.29 is 9.53 Å². The number of hydrogen-bond donors (Lipinski definition) is 1. The van der Waals surface area contributed by atoms with Crippen molar-refractivity contribution in [3.05, 3.63) is 41.0 Å². The van der Waals surface area contributed by atoms with E-state index in [0.717, 1.165) is 11.1 Å². The van der Waals surface area contributed by atoms with E-state index in [1.54, 1.807) is 13.2 Å². The molecule has 0 aromatic heterocycles. The van der Waals surface area contributed by atoms with Crippen LogP contribution in [0.15, 0.2) is 29.8 Å². The lowest BCUT2D eigenvalue weighted by Crippen LogP contribution is -2.27. The Bertz CT molecular complexity index is 470. The predicted molar refractivity (Wildman–Crippen MR) is 69.7 cm³/mol. The maximum Gasteiger partial charge on any atom is 0.262 e. The molecule has 0 aliphatic carbocycles. The highest BCUT2D eigenvalue weighted by Gasteiger charge is 2.07. The van der Waals surface area contributed by atoms with Crippen LogP contribution < -0.4 is 5.32 Å². The number of rotatable bonds is 5. The fourth-order valence-electron chi connectivity index (χ4n) is 1.34. The Morgan fingerprint density at radius 1 is 1.44 bits per heavy atom. The van der Waals surface area contributed by atoms with Crippen LogP contribution in [0.2, 0.25) is 0 Å². The van der Waals surface area contributed by atoms with E-state index in [2.05, 4.69) is 5.32 Å². The van der Waals surface area contributed by atoms with Crippen molar-refractivity contribution in [2.24, 2.45) is 0 Å². The van der Waals surface area contributed by atoms with Gasteiger partial charge < -0.3 is 10.1 Å². The van der Waals surface area contributed by atoms with Gasteiger partial charge in [0, 0.05) is 13.7 Å². The third-order valence-corrected chi connectivity index (χ3v) is 2.35. The molecule has 1 amide bonds. The molecule has 1 rings (SSSR count). The Morgan fingerprint density at radius 2 is 2.11 bits per heavy atom. The molecule has 0 heterocycles. The molecule has 0 unspecified atom stereocenters. The molecule has 0 saturated heterocycles. The smallest absolute Gasteiger partial charge is 0.262 e. The zero-order valence-corrected chi connectivity index (χ0v) is 10.6. The van der Waals surface area contributed by atoms with E-state index < -0.39 is 0 Å². The van der Waals surface area contributed by atoms with Gasteiger partial charge in [0.2, 0.25) is 0 Å². The first-order valence-corrected chi connectivity index (χ1v) is 5.63. The van der Waals surface area contributed by atoms with Crippen LogP contribution in [0.1, 0.15) is 11.1 Å². The lowest BCUT2D eigenvalue weighted by molar-refractivity contribution is -0.117. The van der Waals surface area contributed by atoms with Gasteiger partial charge in [0.1, 0.15) is 11.6 Å². The molecule has 0 bridgehead atoms. The first kappa shape index (κ1) is 13.9. The Balaban J connectivity index is 2.74. The minimum atomic E-state index is -0.380. The lowest BCUT2D eigenvalue weighted by atomic mass is 10.1. The van der Waals surface area contributed by atoms with Gasteiger partial charge in [-0.3, -0.25) is 4.79 Å². The van der Waals surface area contributed by atoms with E-state index in [-0.39, 0.29) is 11.5 Å². The monoisotopic (exact) mass is 244 g/mol. The minimum Gasteiger partial charge on any atom is -0.383 e. The molecule has 18 heavy (non-hydrogen) atoms. The summed E-state index contributed by atoms with van der Waals surface area (Å²) >= 11 is 0. The zero-order valence-electron chi connectivity index (χ0n) is 10.6. The molecule has 94 valence electrons. The molecule has 0 aliphatic heterocycles. The summed E-state index contributed by atoms with van der Waals surface area (Å²) in [5.74, 6) is -0.380. The second-order valence-corrected chi connectivity index (χ2v) is 3.83. The highest BCUT2D eigenvalue weighted by atomic mass is 16.5. The molecule has 0 spiro atoms. The molecule has 0 radical (unpaired) electrons. The van der Waals surface area contributed by atoms with Crippen molar-refractivity contribution >= 4 is 12.0 Å². The summed E-state index contributed by atoms with van der Waals surface area (Å²) in [4.78, 5) is 11.7. The van der Waals surface area contributed by atoms with Crippen molar-refractivity contribution in [3.63, 3.8) is 0 Å². The van der Waals surface area contributed by atoms with Crippen molar-refractivity contribution in [2.75, 3.05) is 20.3 Å².